The molecule has 128 valence electrons. The zero-order valence-corrected chi connectivity index (χ0v) is 15.0. The van der Waals surface area contributed by atoms with Crippen molar-refractivity contribution in [2.75, 3.05) is 31.3 Å². The number of carbonyl (C=O) groups is 2. The second-order valence-electron chi connectivity index (χ2n) is 4.94. The summed E-state index contributed by atoms with van der Waals surface area (Å²) in [7, 11) is 0. The lowest BCUT2D eigenvalue weighted by molar-refractivity contribution is -0.129. The quantitative estimate of drug-likeness (QED) is 0.691. The number of benzene rings is 1. The lowest BCUT2D eigenvalue weighted by Gasteiger charge is -2.24. The Balaban J connectivity index is 1.92. The highest BCUT2D eigenvalue weighted by Gasteiger charge is 2.30. The fourth-order valence-corrected chi connectivity index (χ4v) is 3.79. The van der Waals surface area contributed by atoms with Crippen molar-refractivity contribution >= 4 is 34.5 Å². The van der Waals surface area contributed by atoms with Gasteiger partial charge in [0.1, 0.15) is 18.6 Å². The Bertz CT molecular complexity index is 629. The van der Waals surface area contributed by atoms with Gasteiger partial charge >= 0.3 is 0 Å². The molecule has 1 unspecified atom stereocenters. The molecule has 1 atom stereocenters. The molecule has 0 N–H and O–H groups in total. The Morgan fingerprint density at radius 2 is 2.08 bits per heavy atom. The highest BCUT2D eigenvalue weighted by Crippen LogP contribution is 2.29. The summed E-state index contributed by atoms with van der Waals surface area (Å²) in [5.41, 5.74) is 0. The van der Waals surface area contributed by atoms with Crippen LogP contribution in [0.4, 0.5) is 0 Å². The average Bonchev–Trinajstić information content (AvgIpc) is 3.05. The highest BCUT2D eigenvalue weighted by molar-refractivity contribution is 8.14. The number of carbonyl (C=O) groups excluding carboxylic acids is 2. The number of hydrogen-bond donors (Lipinski definition) is 0. The van der Waals surface area contributed by atoms with Crippen molar-refractivity contribution in [3.8, 4) is 23.8 Å². The van der Waals surface area contributed by atoms with Crippen LogP contribution in [0.25, 0.3) is 0 Å². The van der Waals surface area contributed by atoms with Gasteiger partial charge in [0.15, 0.2) is 16.6 Å². The molecule has 1 aliphatic rings. The number of hydrogen-bond acceptors (Lipinski definition) is 6. The zero-order chi connectivity index (χ0) is 17.4. The molecule has 1 fully saturated rings. The van der Waals surface area contributed by atoms with Gasteiger partial charge in [-0.05, 0) is 12.1 Å². The van der Waals surface area contributed by atoms with Gasteiger partial charge in [0.2, 0.25) is 5.91 Å². The lowest BCUT2D eigenvalue weighted by Crippen LogP contribution is -2.39. The van der Waals surface area contributed by atoms with Crippen LogP contribution < -0.4 is 9.47 Å². The molecule has 24 heavy (non-hydrogen) atoms. The van der Waals surface area contributed by atoms with Gasteiger partial charge in [0.25, 0.3) is 0 Å². The zero-order valence-electron chi connectivity index (χ0n) is 13.4. The van der Waals surface area contributed by atoms with Crippen molar-refractivity contribution in [3.05, 3.63) is 24.3 Å². The fraction of sp³-hybridized carbons (Fsp3) is 0.412. The summed E-state index contributed by atoms with van der Waals surface area (Å²) in [6.45, 7) is 2.67. The highest BCUT2D eigenvalue weighted by atomic mass is 32.2. The summed E-state index contributed by atoms with van der Waals surface area (Å²) in [5, 5.41) is -0.117. The average molecular weight is 365 g/mol. The number of thioether (sulfide) groups is 2. The van der Waals surface area contributed by atoms with Crippen LogP contribution in [0, 0.1) is 12.3 Å². The van der Waals surface area contributed by atoms with Gasteiger partial charge < -0.3 is 14.4 Å². The van der Waals surface area contributed by atoms with Crippen LogP contribution in [-0.2, 0) is 9.59 Å². The van der Waals surface area contributed by atoms with Crippen LogP contribution in [0.2, 0.25) is 0 Å². The number of para-hydroxylation sites is 2. The summed E-state index contributed by atoms with van der Waals surface area (Å²) in [6, 6.07) is 7.30. The van der Waals surface area contributed by atoms with Crippen LogP contribution in [-0.4, -0.2) is 52.6 Å². The van der Waals surface area contributed by atoms with Crippen LogP contribution in [0.15, 0.2) is 24.3 Å². The molecular formula is C17H19NO4S2. The maximum absolute atomic E-state index is 12.2. The van der Waals surface area contributed by atoms with Gasteiger partial charge in [-0.2, -0.15) is 0 Å². The molecule has 2 rings (SSSR count). The monoisotopic (exact) mass is 365 g/mol. The third kappa shape index (κ3) is 5.39. The molecule has 1 heterocycles. The minimum atomic E-state index is -0.0641. The third-order valence-corrected chi connectivity index (χ3v) is 5.24. The van der Waals surface area contributed by atoms with Crippen molar-refractivity contribution in [3.63, 3.8) is 0 Å². The molecule has 0 bridgehead atoms. The predicted octanol–water partition coefficient (Wildman–Crippen LogP) is 2.26. The second kappa shape index (κ2) is 9.50. The summed E-state index contributed by atoms with van der Waals surface area (Å²) in [4.78, 5) is 25.0. The van der Waals surface area contributed by atoms with Crippen LogP contribution >= 0.6 is 23.5 Å². The van der Waals surface area contributed by atoms with E-state index in [0.717, 1.165) is 17.5 Å². The SMILES string of the molecule is C#CCOc1ccccc1OCC1SCCN1C(=O)CSC(C)=O. The van der Waals surface area contributed by atoms with Crippen LogP contribution in [0.3, 0.4) is 0 Å². The van der Waals surface area contributed by atoms with Gasteiger partial charge in [0.05, 0.1) is 5.75 Å². The summed E-state index contributed by atoms with van der Waals surface area (Å²) >= 11 is 2.70. The molecule has 7 heteroatoms. The fourth-order valence-electron chi connectivity index (χ4n) is 2.16. The Hall–Kier alpha value is -1.78. The van der Waals surface area contributed by atoms with Crippen molar-refractivity contribution in [1.82, 2.24) is 4.90 Å². The van der Waals surface area contributed by atoms with Gasteiger partial charge in [-0.3, -0.25) is 9.59 Å². The van der Waals surface area contributed by atoms with E-state index >= 15 is 0 Å². The summed E-state index contributed by atoms with van der Waals surface area (Å²) in [5.74, 6) is 4.61. The van der Waals surface area contributed by atoms with Crippen molar-refractivity contribution in [2.24, 2.45) is 0 Å². The smallest absolute Gasteiger partial charge is 0.234 e. The molecule has 1 aliphatic heterocycles. The number of rotatable bonds is 7. The molecule has 1 amide bonds. The number of terminal acetylenes is 1. The lowest BCUT2D eigenvalue weighted by atomic mass is 10.3. The molecule has 5 nitrogen and oxygen atoms in total. The van der Waals surface area contributed by atoms with E-state index in [2.05, 4.69) is 5.92 Å². The molecule has 0 aliphatic carbocycles. The first-order valence-electron chi connectivity index (χ1n) is 7.44. The maximum Gasteiger partial charge on any atom is 0.234 e. The molecule has 1 aromatic rings. The van der Waals surface area contributed by atoms with E-state index in [1.54, 1.807) is 22.7 Å². The molecule has 1 aromatic carbocycles. The molecule has 0 radical (unpaired) electrons. The topological polar surface area (TPSA) is 55.8 Å². The first kappa shape index (κ1) is 18.6. The van der Waals surface area contributed by atoms with Crippen molar-refractivity contribution in [2.45, 2.75) is 12.3 Å². The number of nitrogens with zero attached hydrogens (tertiary/aromatic N) is 1. The number of ether oxygens (including phenoxy) is 2. The minimum Gasteiger partial charge on any atom is -0.487 e. The van der Waals surface area contributed by atoms with E-state index in [4.69, 9.17) is 15.9 Å². The van der Waals surface area contributed by atoms with Gasteiger partial charge in [-0.1, -0.05) is 29.8 Å². The van der Waals surface area contributed by atoms with E-state index in [0.29, 0.717) is 24.7 Å². The van der Waals surface area contributed by atoms with E-state index in [9.17, 15) is 9.59 Å². The van der Waals surface area contributed by atoms with E-state index in [1.165, 1.54) is 6.92 Å². The van der Waals surface area contributed by atoms with Crippen molar-refractivity contribution < 1.29 is 19.1 Å². The summed E-state index contributed by atoms with van der Waals surface area (Å²) < 4.78 is 11.3. The third-order valence-electron chi connectivity index (χ3n) is 3.25. The van der Waals surface area contributed by atoms with E-state index < -0.39 is 0 Å². The Kier molecular flexibility index (Phi) is 7.35. The standard InChI is InChI=1S/C17H19NO4S2/c1-3-9-21-14-6-4-5-7-15(14)22-11-17-18(8-10-23-17)16(20)12-24-13(2)19/h1,4-7,17H,8-12H2,2H3. The Labute approximate surface area is 150 Å². The Morgan fingerprint density at radius 3 is 2.75 bits per heavy atom. The molecule has 0 spiro atoms. The second-order valence-corrected chi connectivity index (χ2v) is 7.38. The summed E-state index contributed by atoms with van der Waals surface area (Å²) in [6.07, 6.45) is 5.21. The minimum absolute atomic E-state index is 0.0364. The molecule has 1 saturated heterocycles. The predicted molar refractivity (Wildman–Crippen MR) is 97.4 cm³/mol. The van der Waals surface area contributed by atoms with Gasteiger partial charge in [0, 0.05) is 19.2 Å². The first-order valence-corrected chi connectivity index (χ1v) is 9.47. The van der Waals surface area contributed by atoms with E-state index in [1.807, 2.05) is 18.2 Å². The van der Waals surface area contributed by atoms with Gasteiger partial charge in [-0.15, -0.1) is 18.2 Å². The first-order chi connectivity index (χ1) is 11.6. The number of amides is 1. The largest absolute Gasteiger partial charge is 0.487 e. The normalized spacial score (nSPS) is 16.5. The Morgan fingerprint density at radius 1 is 1.38 bits per heavy atom. The molecular weight excluding hydrogens is 346 g/mol. The van der Waals surface area contributed by atoms with E-state index in [-0.39, 0.29) is 28.8 Å². The maximum atomic E-state index is 12.2. The van der Waals surface area contributed by atoms with Crippen LogP contribution in [0.1, 0.15) is 6.92 Å². The van der Waals surface area contributed by atoms with Crippen LogP contribution in [0.5, 0.6) is 11.5 Å². The van der Waals surface area contributed by atoms with Gasteiger partial charge in [-0.25, -0.2) is 0 Å². The molecule has 0 saturated carbocycles. The van der Waals surface area contributed by atoms with Crippen molar-refractivity contribution in [1.29, 1.82) is 0 Å². The molecule has 0 aromatic heterocycles.